The highest BCUT2D eigenvalue weighted by atomic mass is 16.5. The van der Waals surface area contributed by atoms with Gasteiger partial charge in [0.15, 0.2) is 5.69 Å². The lowest BCUT2D eigenvalue weighted by atomic mass is 9.80. The van der Waals surface area contributed by atoms with E-state index >= 15 is 0 Å². The van der Waals surface area contributed by atoms with Crippen LogP contribution in [0.5, 0.6) is 0 Å². The number of piperidine rings is 1. The van der Waals surface area contributed by atoms with Crippen molar-refractivity contribution >= 4 is 11.8 Å². The normalized spacial score (nSPS) is 30.9. The topological polar surface area (TPSA) is 101 Å². The Hall–Kier alpha value is -1.89. The van der Waals surface area contributed by atoms with Gasteiger partial charge in [-0.05, 0) is 64.3 Å². The van der Waals surface area contributed by atoms with Crippen LogP contribution < -0.4 is 11.1 Å². The van der Waals surface area contributed by atoms with E-state index in [1.165, 1.54) is 0 Å². The first-order chi connectivity index (χ1) is 13.5. The molecule has 0 radical (unpaired) electrons. The van der Waals surface area contributed by atoms with Crippen LogP contribution in [0.4, 0.5) is 0 Å². The molecule has 0 aromatic carbocycles. The van der Waals surface area contributed by atoms with Gasteiger partial charge in [0.05, 0.1) is 0 Å². The fourth-order valence-corrected chi connectivity index (χ4v) is 4.81. The minimum atomic E-state index is -0.175. The molecule has 154 valence electrons. The number of carbonyl (C=O) groups excluding carboxylic acids is 2. The van der Waals surface area contributed by atoms with Crippen molar-refractivity contribution in [1.82, 2.24) is 15.4 Å². The monoisotopic (exact) mass is 388 g/mol. The van der Waals surface area contributed by atoms with E-state index in [0.717, 1.165) is 57.1 Å². The molecule has 4 rings (SSSR count). The first-order valence-electron chi connectivity index (χ1n) is 10.8. The van der Waals surface area contributed by atoms with Gasteiger partial charge in [0.1, 0.15) is 5.76 Å². The van der Waals surface area contributed by atoms with Gasteiger partial charge in [0.25, 0.3) is 5.91 Å². The maximum Gasteiger partial charge on any atom is 0.273 e. The summed E-state index contributed by atoms with van der Waals surface area (Å²) in [4.78, 5) is 27.5. The van der Waals surface area contributed by atoms with Crippen LogP contribution in [0.25, 0.3) is 0 Å². The Morgan fingerprint density at radius 3 is 2.79 bits per heavy atom. The zero-order chi connectivity index (χ0) is 19.7. The van der Waals surface area contributed by atoms with Crippen LogP contribution in [-0.4, -0.2) is 47.0 Å². The zero-order valence-electron chi connectivity index (χ0n) is 16.7. The van der Waals surface area contributed by atoms with E-state index in [1.54, 1.807) is 6.07 Å². The first-order valence-corrected chi connectivity index (χ1v) is 10.8. The van der Waals surface area contributed by atoms with Crippen molar-refractivity contribution in [3.05, 3.63) is 17.5 Å². The highest BCUT2D eigenvalue weighted by molar-refractivity contribution is 5.92. The number of carbonyl (C=O) groups is 2. The fourth-order valence-electron chi connectivity index (χ4n) is 4.81. The molecule has 3 N–H and O–H groups in total. The van der Waals surface area contributed by atoms with Crippen LogP contribution >= 0.6 is 0 Å². The van der Waals surface area contributed by atoms with Crippen LogP contribution in [0.2, 0.25) is 0 Å². The molecule has 1 saturated heterocycles. The van der Waals surface area contributed by atoms with Crippen molar-refractivity contribution in [3.63, 3.8) is 0 Å². The van der Waals surface area contributed by atoms with Crippen molar-refractivity contribution in [2.75, 3.05) is 13.1 Å². The molecule has 2 amide bonds. The number of rotatable bonds is 5. The molecular formula is C21H32N4O3. The molecule has 1 aliphatic heterocycles. The molecule has 1 aromatic rings. The number of amides is 2. The van der Waals surface area contributed by atoms with E-state index in [2.05, 4.69) is 17.4 Å². The van der Waals surface area contributed by atoms with E-state index in [0.29, 0.717) is 30.6 Å². The number of nitrogens with zero attached hydrogens (tertiary/aromatic N) is 2. The number of nitrogens with one attached hydrogen (secondary N) is 1. The summed E-state index contributed by atoms with van der Waals surface area (Å²) < 4.78 is 5.28. The van der Waals surface area contributed by atoms with Gasteiger partial charge in [-0.1, -0.05) is 11.6 Å². The number of aromatic nitrogens is 1. The van der Waals surface area contributed by atoms with E-state index < -0.39 is 0 Å². The second-order valence-corrected chi connectivity index (χ2v) is 8.93. The Labute approximate surface area is 166 Å². The van der Waals surface area contributed by atoms with Gasteiger partial charge < -0.3 is 20.5 Å². The molecule has 3 aliphatic rings. The molecule has 1 aromatic heterocycles. The van der Waals surface area contributed by atoms with Crippen molar-refractivity contribution in [1.29, 1.82) is 0 Å². The van der Waals surface area contributed by atoms with Crippen molar-refractivity contribution in [2.24, 2.45) is 17.6 Å². The number of hydrogen-bond donors (Lipinski definition) is 2. The molecule has 7 nitrogen and oxygen atoms in total. The van der Waals surface area contributed by atoms with E-state index in [9.17, 15) is 9.59 Å². The second-order valence-electron chi connectivity index (χ2n) is 8.93. The summed E-state index contributed by atoms with van der Waals surface area (Å²) in [6, 6.07) is 1.96. The van der Waals surface area contributed by atoms with E-state index in [-0.39, 0.29) is 29.8 Å². The third-order valence-corrected chi connectivity index (χ3v) is 6.70. The number of hydrogen-bond acceptors (Lipinski definition) is 5. The maximum absolute atomic E-state index is 13.0. The predicted molar refractivity (Wildman–Crippen MR) is 105 cm³/mol. The quantitative estimate of drug-likeness (QED) is 0.807. The lowest BCUT2D eigenvalue weighted by molar-refractivity contribution is -0.140. The summed E-state index contributed by atoms with van der Waals surface area (Å²) >= 11 is 0. The molecule has 0 bridgehead atoms. The first kappa shape index (κ1) is 19.4. The molecule has 0 spiro atoms. The largest absolute Gasteiger partial charge is 0.360 e. The van der Waals surface area contributed by atoms with Gasteiger partial charge in [0.2, 0.25) is 5.91 Å². The Morgan fingerprint density at radius 1 is 1.25 bits per heavy atom. The summed E-state index contributed by atoms with van der Waals surface area (Å²) in [6.45, 7) is 3.46. The average Bonchev–Trinajstić information content (AvgIpc) is 3.44. The number of likely N-dealkylation sites (tertiary alicyclic amines) is 1. The summed E-state index contributed by atoms with van der Waals surface area (Å²) in [5.74, 6) is 1.97. The molecule has 3 fully saturated rings. The lowest BCUT2D eigenvalue weighted by Gasteiger charge is -2.41. The smallest absolute Gasteiger partial charge is 0.273 e. The zero-order valence-corrected chi connectivity index (χ0v) is 16.7. The van der Waals surface area contributed by atoms with Gasteiger partial charge in [-0.2, -0.15) is 0 Å². The van der Waals surface area contributed by atoms with E-state index in [1.807, 2.05) is 4.90 Å². The molecule has 28 heavy (non-hydrogen) atoms. The van der Waals surface area contributed by atoms with Gasteiger partial charge >= 0.3 is 0 Å². The van der Waals surface area contributed by atoms with Crippen LogP contribution in [0.3, 0.4) is 0 Å². The lowest BCUT2D eigenvalue weighted by Crippen LogP contribution is -2.52. The third kappa shape index (κ3) is 4.24. The van der Waals surface area contributed by atoms with E-state index in [4.69, 9.17) is 10.3 Å². The SMILES string of the molecule is C[C@@H]1C[C@@H](NC(=O)c2cc(C3CC3)on2)CCN1C(=O)C1CCCC(CN)C1. The fraction of sp³-hybridized carbons (Fsp3) is 0.762. The maximum atomic E-state index is 13.0. The van der Waals surface area contributed by atoms with Crippen LogP contribution in [0, 0.1) is 11.8 Å². The van der Waals surface area contributed by atoms with Gasteiger partial charge in [0, 0.05) is 36.5 Å². The summed E-state index contributed by atoms with van der Waals surface area (Å²) in [5, 5.41) is 7.00. The highest BCUT2D eigenvalue weighted by Gasteiger charge is 2.35. The van der Waals surface area contributed by atoms with Crippen molar-refractivity contribution in [2.45, 2.75) is 76.3 Å². The highest BCUT2D eigenvalue weighted by Crippen LogP contribution is 2.40. The molecule has 2 aliphatic carbocycles. The summed E-state index contributed by atoms with van der Waals surface area (Å²) in [5.41, 5.74) is 6.19. The van der Waals surface area contributed by atoms with Gasteiger partial charge in [-0.25, -0.2) is 0 Å². The van der Waals surface area contributed by atoms with Crippen LogP contribution in [-0.2, 0) is 4.79 Å². The third-order valence-electron chi connectivity index (χ3n) is 6.70. The Kier molecular flexibility index (Phi) is 5.71. The number of nitrogens with two attached hydrogens (primary N) is 1. The molecule has 2 saturated carbocycles. The standard InChI is InChI=1S/C21H32N4O3/c1-13-9-17(23-20(26)18-11-19(28-24-18)15-5-6-15)7-8-25(13)21(27)16-4-2-3-14(10-16)12-22/h11,13-17H,2-10,12,22H2,1H3,(H,23,26)/t13-,14?,16?,17+/m1/s1. The summed E-state index contributed by atoms with van der Waals surface area (Å²) in [7, 11) is 0. The predicted octanol–water partition coefficient (Wildman–Crippen LogP) is 2.43. The minimum absolute atomic E-state index is 0.0655. The van der Waals surface area contributed by atoms with Crippen molar-refractivity contribution < 1.29 is 14.1 Å². The summed E-state index contributed by atoms with van der Waals surface area (Å²) in [6.07, 6.45) is 7.94. The van der Waals surface area contributed by atoms with Gasteiger partial charge in [-0.3, -0.25) is 9.59 Å². The van der Waals surface area contributed by atoms with Gasteiger partial charge in [-0.15, -0.1) is 0 Å². The molecule has 4 atom stereocenters. The second kappa shape index (κ2) is 8.23. The van der Waals surface area contributed by atoms with Crippen LogP contribution in [0.1, 0.15) is 80.5 Å². The molecule has 7 heteroatoms. The Morgan fingerprint density at radius 2 is 2.07 bits per heavy atom. The average molecular weight is 389 g/mol. The minimum Gasteiger partial charge on any atom is -0.360 e. The molecule has 2 heterocycles. The molecule has 2 unspecified atom stereocenters. The van der Waals surface area contributed by atoms with Crippen LogP contribution in [0.15, 0.2) is 10.6 Å². The Balaban J connectivity index is 1.29. The van der Waals surface area contributed by atoms with Crippen molar-refractivity contribution in [3.8, 4) is 0 Å². The molecular weight excluding hydrogens is 356 g/mol. The Bertz CT molecular complexity index is 714.